The zero-order valence-electron chi connectivity index (χ0n) is 9.31. The highest BCUT2D eigenvalue weighted by Gasteiger charge is 2.39. The summed E-state index contributed by atoms with van der Waals surface area (Å²) in [5.41, 5.74) is 0.796. The second-order valence-electron chi connectivity index (χ2n) is 5.69. The molecule has 2 aliphatic carbocycles. The largest absolute Gasteiger partial charge is 0.0625 e. The maximum Gasteiger partial charge on any atom is -0.0272 e. The molecule has 0 aliphatic heterocycles. The molecule has 2 aliphatic rings. The molecule has 76 valence electrons. The van der Waals surface area contributed by atoms with Gasteiger partial charge in [0.15, 0.2) is 0 Å². The molecule has 0 nitrogen and oxygen atoms in total. The maximum atomic E-state index is 2.51. The Morgan fingerprint density at radius 2 is 1.54 bits per heavy atom. The molecule has 0 aromatic carbocycles. The zero-order chi connectivity index (χ0) is 9.31. The molecule has 2 fully saturated rings. The van der Waals surface area contributed by atoms with E-state index in [0.29, 0.717) is 0 Å². The van der Waals surface area contributed by atoms with Crippen LogP contribution < -0.4 is 0 Å². The van der Waals surface area contributed by atoms with Crippen LogP contribution in [0.1, 0.15) is 65.2 Å². The number of rotatable bonds is 0. The minimum Gasteiger partial charge on any atom is -0.0625 e. The van der Waals surface area contributed by atoms with Crippen molar-refractivity contribution < 1.29 is 0 Å². The fourth-order valence-corrected chi connectivity index (χ4v) is 3.56. The predicted molar refractivity (Wildman–Crippen MR) is 57.7 cm³/mol. The van der Waals surface area contributed by atoms with E-state index in [1.54, 1.807) is 6.42 Å². The van der Waals surface area contributed by atoms with Gasteiger partial charge in [0.25, 0.3) is 0 Å². The normalized spacial score (nSPS) is 46.6. The van der Waals surface area contributed by atoms with Crippen molar-refractivity contribution in [3.8, 4) is 0 Å². The highest BCUT2D eigenvalue weighted by atomic mass is 14.4. The molecule has 0 aromatic rings. The van der Waals surface area contributed by atoms with E-state index in [0.717, 1.165) is 17.3 Å². The third-order valence-electron chi connectivity index (χ3n) is 4.88. The summed E-state index contributed by atoms with van der Waals surface area (Å²) in [6.45, 7) is 4.94. The molecule has 2 saturated carbocycles. The average molecular weight is 180 g/mol. The van der Waals surface area contributed by atoms with Crippen molar-refractivity contribution in [2.45, 2.75) is 65.2 Å². The van der Waals surface area contributed by atoms with Gasteiger partial charge < -0.3 is 0 Å². The molecule has 13 heavy (non-hydrogen) atoms. The van der Waals surface area contributed by atoms with Crippen LogP contribution in [0.25, 0.3) is 0 Å². The van der Waals surface area contributed by atoms with Crippen LogP contribution >= 0.6 is 0 Å². The zero-order valence-corrected chi connectivity index (χ0v) is 9.31. The monoisotopic (exact) mass is 180 g/mol. The molecule has 1 spiro atoms. The van der Waals surface area contributed by atoms with Gasteiger partial charge in [0.05, 0.1) is 0 Å². The fraction of sp³-hybridized carbons (Fsp3) is 1.00. The highest BCUT2D eigenvalue weighted by Crippen LogP contribution is 2.51. The van der Waals surface area contributed by atoms with Gasteiger partial charge in [-0.25, -0.2) is 0 Å². The van der Waals surface area contributed by atoms with Crippen LogP contribution in [0.15, 0.2) is 0 Å². The molecular formula is C13H24. The standard InChI is InChI=1S/C13H24/c1-11-6-9-13(10-7-11)8-4-3-5-12(13)2/h11-12H,3-10H2,1-2H3. The van der Waals surface area contributed by atoms with Crippen molar-refractivity contribution in [3.63, 3.8) is 0 Å². The van der Waals surface area contributed by atoms with Crippen LogP contribution in [0.3, 0.4) is 0 Å². The molecule has 0 N–H and O–H groups in total. The van der Waals surface area contributed by atoms with E-state index in [-0.39, 0.29) is 0 Å². The van der Waals surface area contributed by atoms with Gasteiger partial charge in [0.1, 0.15) is 0 Å². The Morgan fingerprint density at radius 1 is 0.846 bits per heavy atom. The predicted octanol–water partition coefficient (Wildman–Crippen LogP) is 4.39. The van der Waals surface area contributed by atoms with Crippen molar-refractivity contribution in [1.29, 1.82) is 0 Å². The van der Waals surface area contributed by atoms with Crippen LogP contribution in [0.4, 0.5) is 0 Å². The van der Waals surface area contributed by atoms with Crippen molar-refractivity contribution >= 4 is 0 Å². The van der Waals surface area contributed by atoms with E-state index in [1.807, 2.05) is 0 Å². The second-order valence-corrected chi connectivity index (χ2v) is 5.69. The molecule has 0 amide bonds. The van der Waals surface area contributed by atoms with E-state index in [2.05, 4.69) is 13.8 Å². The van der Waals surface area contributed by atoms with E-state index in [1.165, 1.54) is 44.9 Å². The first-order valence-corrected chi connectivity index (χ1v) is 6.23. The summed E-state index contributed by atoms with van der Waals surface area (Å²) in [6.07, 6.45) is 12.1. The van der Waals surface area contributed by atoms with Gasteiger partial charge in [-0.05, 0) is 36.5 Å². The Hall–Kier alpha value is 0. The van der Waals surface area contributed by atoms with E-state index in [9.17, 15) is 0 Å². The van der Waals surface area contributed by atoms with Crippen molar-refractivity contribution in [2.24, 2.45) is 17.3 Å². The highest BCUT2D eigenvalue weighted by molar-refractivity contribution is 4.91. The summed E-state index contributed by atoms with van der Waals surface area (Å²) in [4.78, 5) is 0. The Bertz CT molecular complexity index is 163. The molecule has 0 bridgehead atoms. The summed E-state index contributed by atoms with van der Waals surface area (Å²) in [7, 11) is 0. The quantitative estimate of drug-likeness (QED) is 0.518. The van der Waals surface area contributed by atoms with Gasteiger partial charge in [0.2, 0.25) is 0 Å². The first-order chi connectivity index (χ1) is 6.23. The minimum absolute atomic E-state index is 0.796. The van der Waals surface area contributed by atoms with Crippen molar-refractivity contribution in [2.75, 3.05) is 0 Å². The SMILES string of the molecule is CC1CCC2(CCCCC2C)CC1. The molecule has 0 aromatic heterocycles. The lowest BCUT2D eigenvalue weighted by molar-refractivity contribution is 0.0437. The van der Waals surface area contributed by atoms with Gasteiger partial charge in [-0.1, -0.05) is 46.0 Å². The van der Waals surface area contributed by atoms with Gasteiger partial charge in [-0.15, -0.1) is 0 Å². The smallest absolute Gasteiger partial charge is 0.0272 e. The number of hydrogen-bond donors (Lipinski definition) is 0. The Morgan fingerprint density at radius 3 is 2.15 bits per heavy atom. The van der Waals surface area contributed by atoms with Crippen LogP contribution in [0.5, 0.6) is 0 Å². The lowest BCUT2D eigenvalue weighted by Gasteiger charge is -2.47. The van der Waals surface area contributed by atoms with E-state index < -0.39 is 0 Å². The van der Waals surface area contributed by atoms with Crippen molar-refractivity contribution in [1.82, 2.24) is 0 Å². The topological polar surface area (TPSA) is 0 Å². The summed E-state index contributed by atoms with van der Waals surface area (Å²) in [5, 5.41) is 0. The number of hydrogen-bond acceptors (Lipinski definition) is 0. The molecule has 0 saturated heterocycles. The lowest BCUT2D eigenvalue weighted by atomic mass is 9.59. The fourth-order valence-electron chi connectivity index (χ4n) is 3.56. The van der Waals surface area contributed by atoms with Crippen LogP contribution in [-0.4, -0.2) is 0 Å². The van der Waals surface area contributed by atoms with Gasteiger partial charge in [-0.2, -0.15) is 0 Å². The lowest BCUT2D eigenvalue weighted by Crippen LogP contribution is -2.35. The summed E-state index contributed by atoms with van der Waals surface area (Å²) < 4.78 is 0. The molecule has 1 unspecified atom stereocenters. The van der Waals surface area contributed by atoms with Gasteiger partial charge in [0, 0.05) is 0 Å². The Labute approximate surface area is 83.1 Å². The van der Waals surface area contributed by atoms with Crippen LogP contribution in [0, 0.1) is 17.3 Å². The second kappa shape index (κ2) is 3.63. The Balaban J connectivity index is 2.01. The molecule has 0 heteroatoms. The average Bonchev–Trinajstić information content (AvgIpc) is 2.15. The first kappa shape index (κ1) is 9.55. The van der Waals surface area contributed by atoms with E-state index in [4.69, 9.17) is 0 Å². The molecule has 0 radical (unpaired) electrons. The summed E-state index contributed by atoms with van der Waals surface area (Å²) in [6, 6.07) is 0. The first-order valence-electron chi connectivity index (χ1n) is 6.23. The minimum atomic E-state index is 0.796. The van der Waals surface area contributed by atoms with Gasteiger partial charge >= 0.3 is 0 Å². The van der Waals surface area contributed by atoms with Crippen LogP contribution in [-0.2, 0) is 0 Å². The third kappa shape index (κ3) is 1.78. The van der Waals surface area contributed by atoms with E-state index >= 15 is 0 Å². The molecular weight excluding hydrogens is 156 g/mol. The Kier molecular flexibility index (Phi) is 2.67. The summed E-state index contributed by atoms with van der Waals surface area (Å²) in [5.74, 6) is 2.04. The third-order valence-corrected chi connectivity index (χ3v) is 4.88. The molecule has 2 rings (SSSR count). The summed E-state index contributed by atoms with van der Waals surface area (Å²) >= 11 is 0. The van der Waals surface area contributed by atoms with Crippen molar-refractivity contribution in [3.05, 3.63) is 0 Å². The van der Waals surface area contributed by atoms with Gasteiger partial charge in [-0.3, -0.25) is 0 Å². The maximum absolute atomic E-state index is 2.51. The molecule has 0 heterocycles. The molecule has 1 atom stereocenters. The van der Waals surface area contributed by atoms with Crippen LogP contribution in [0.2, 0.25) is 0 Å².